The van der Waals surface area contributed by atoms with E-state index < -0.39 is 0 Å². The standard InChI is InChI=1S/C14H21N3O/c1-2-3-6-14(18)16-12-7-8-13(15-11-12)17-9-4-5-10-17/h7-8,11H,2-6,9-10H2,1H3,(H,16,18). The van der Waals surface area contributed by atoms with Crippen LogP contribution in [0.3, 0.4) is 0 Å². The second kappa shape index (κ2) is 6.38. The molecule has 2 rings (SSSR count). The van der Waals surface area contributed by atoms with Crippen LogP contribution in [0.1, 0.15) is 39.0 Å². The summed E-state index contributed by atoms with van der Waals surface area (Å²) in [6.45, 7) is 4.27. The number of unbranched alkanes of at least 4 members (excludes halogenated alkanes) is 1. The number of aromatic nitrogens is 1. The minimum atomic E-state index is 0.0765. The SMILES string of the molecule is CCCCC(=O)Nc1ccc(N2CCCC2)nc1. The molecule has 1 aliphatic heterocycles. The van der Waals surface area contributed by atoms with E-state index in [-0.39, 0.29) is 5.91 Å². The second-order valence-electron chi connectivity index (χ2n) is 4.75. The third-order valence-electron chi connectivity index (χ3n) is 3.22. The Morgan fingerprint density at radius 3 is 2.78 bits per heavy atom. The van der Waals surface area contributed by atoms with E-state index in [2.05, 4.69) is 22.1 Å². The average molecular weight is 247 g/mol. The minimum Gasteiger partial charge on any atom is -0.357 e. The van der Waals surface area contributed by atoms with Gasteiger partial charge < -0.3 is 10.2 Å². The van der Waals surface area contributed by atoms with Crippen LogP contribution in [0.2, 0.25) is 0 Å². The molecule has 1 aromatic rings. The molecule has 1 saturated heterocycles. The molecule has 0 bridgehead atoms. The number of carbonyl (C=O) groups excluding carboxylic acids is 1. The average Bonchev–Trinajstić information content (AvgIpc) is 2.91. The molecule has 4 heteroatoms. The fourth-order valence-corrected chi connectivity index (χ4v) is 2.15. The van der Waals surface area contributed by atoms with E-state index in [0.29, 0.717) is 6.42 Å². The maximum Gasteiger partial charge on any atom is 0.224 e. The first-order valence-electron chi connectivity index (χ1n) is 6.80. The third-order valence-corrected chi connectivity index (χ3v) is 3.22. The van der Waals surface area contributed by atoms with Crippen LogP contribution in [0, 0.1) is 0 Å². The highest BCUT2D eigenvalue weighted by molar-refractivity contribution is 5.90. The summed E-state index contributed by atoms with van der Waals surface area (Å²) in [6.07, 6.45) is 6.81. The van der Waals surface area contributed by atoms with Crippen LogP contribution in [0.5, 0.6) is 0 Å². The predicted molar refractivity (Wildman–Crippen MR) is 73.8 cm³/mol. The van der Waals surface area contributed by atoms with Crippen molar-refractivity contribution in [1.82, 2.24) is 4.98 Å². The van der Waals surface area contributed by atoms with E-state index >= 15 is 0 Å². The van der Waals surface area contributed by atoms with Crippen LogP contribution in [0.15, 0.2) is 18.3 Å². The first kappa shape index (κ1) is 12.9. The number of carbonyl (C=O) groups is 1. The molecule has 0 unspecified atom stereocenters. The molecule has 4 nitrogen and oxygen atoms in total. The number of amides is 1. The molecule has 0 atom stereocenters. The molecule has 1 fully saturated rings. The summed E-state index contributed by atoms with van der Waals surface area (Å²) in [4.78, 5) is 18.2. The van der Waals surface area contributed by atoms with E-state index in [1.807, 2.05) is 12.1 Å². The molecule has 0 saturated carbocycles. The van der Waals surface area contributed by atoms with Crippen molar-refractivity contribution in [2.75, 3.05) is 23.3 Å². The summed E-state index contributed by atoms with van der Waals surface area (Å²) in [5.41, 5.74) is 0.791. The number of rotatable bonds is 5. The molecule has 1 N–H and O–H groups in total. The van der Waals surface area contributed by atoms with E-state index in [1.165, 1.54) is 12.8 Å². The highest BCUT2D eigenvalue weighted by Gasteiger charge is 2.13. The highest BCUT2D eigenvalue weighted by atomic mass is 16.1. The van der Waals surface area contributed by atoms with Crippen LogP contribution in [0.25, 0.3) is 0 Å². The largest absolute Gasteiger partial charge is 0.357 e. The number of anilines is 2. The van der Waals surface area contributed by atoms with Crippen LogP contribution in [-0.2, 0) is 4.79 Å². The van der Waals surface area contributed by atoms with E-state index in [9.17, 15) is 4.79 Å². The van der Waals surface area contributed by atoms with Gasteiger partial charge in [0.2, 0.25) is 5.91 Å². The topological polar surface area (TPSA) is 45.2 Å². The lowest BCUT2D eigenvalue weighted by Crippen LogP contribution is -2.19. The lowest BCUT2D eigenvalue weighted by atomic mass is 10.2. The van der Waals surface area contributed by atoms with Gasteiger partial charge in [0.25, 0.3) is 0 Å². The molecular weight excluding hydrogens is 226 g/mol. The molecular formula is C14H21N3O. The van der Waals surface area contributed by atoms with Crippen molar-refractivity contribution in [1.29, 1.82) is 0 Å². The molecule has 0 aliphatic carbocycles. The normalized spacial score (nSPS) is 14.8. The highest BCUT2D eigenvalue weighted by Crippen LogP contribution is 2.19. The Kier molecular flexibility index (Phi) is 4.56. The van der Waals surface area contributed by atoms with Gasteiger partial charge in [-0.25, -0.2) is 4.98 Å². The third kappa shape index (κ3) is 3.45. The predicted octanol–water partition coefficient (Wildman–Crippen LogP) is 2.81. The maximum atomic E-state index is 11.6. The Balaban J connectivity index is 1.88. The van der Waals surface area contributed by atoms with Gasteiger partial charge in [0.15, 0.2) is 0 Å². The van der Waals surface area contributed by atoms with Gasteiger partial charge in [-0.15, -0.1) is 0 Å². The molecule has 1 aliphatic rings. The van der Waals surface area contributed by atoms with Crippen LogP contribution >= 0.6 is 0 Å². The molecule has 0 spiro atoms. The Morgan fingerprint density at radius 1 is 1.39 bits per heavy atom. The molecule has 1 amide bonds. The van der Waals surface area contributed by atoms with Crippen molar-refractivity contribution in [2.45, 2.75) is 39.0 Å². The zero-order valence-electron chi connectivity index (χ0n) is 11.0. The minimum absolute atomic E-state index is 0.0765. The van der Waals surface area contributed by atoms with Gasteiger partial charge in [-0.3, -0.25) is 4.79 Å². The van der Waals surface area contributed by atoms with E-state index in [0.717, 1.165) is 37.4 Å². The fourth-order valence-electron chi connectivity index (χ4n) is 2.15. The number of pyridine rings is 1. The van der Waals surface area contributed by atoms with Gasteiger partial charge in [0.1, 0.15) is 5.82 Å². The monoisotopic (exact) mass is 247 g/mol. The van der Waals surface area contributed by atoms with Crippen molar-refractivity contribution in [3.63, 3.8) is 0 Å². The Labute approximate surface area is 108 Å². The van der Waals surface area contributed by atoms with Crippen molar-refractivity contribution < 1.29 is 4.79 Å². The fraction of sp³-hybridized carbons (Fsp3) is 0.571. The quantitative estimate of drug-likeness (QED) is 0.870. The zero-order valence-corrected chi connectivity index (χ0v) is 11.0. The van der Waals surface area contributed by atoms with Gasteiger partial charge in [0, 0.05) is 19.5 Å². The maximum absolute atomic E-state index is 11.6. The zero-order chi connectivity index (χ0) is 12.8. The van der Waals surface area contributed by atoms with Crippen molar-refractivity contribution in [3.8, 4) is 0 Å². The summed E-state index contributed by atoms with van der Waals surface area (Å²) in [6, 6.07) is 3.92. The molecule has 18 heavy (non-hydrogen) atoms. The Bertz CT molecular complexity index is 383. The van der Waals surface area contributed by atoms with Crippen molar-refractivity contribution >= 4 is 17.4 Å². The van der Waals surface area contributed by atoms with Gasteiger partial charge in [-0.2, -0.15) is 0 Å². The summed E-state index contributed by atoms with van der Waals surface area (Å²) in [5, 5.41) is 2.87. The summed E-state index contributed by atoms with van der Waals surface area (Å²) in [7, 11) is 0. The lowest BCUT2D eigenvalue weighted by molar-refractivity contribution is -0.116. The molecule has 0 radical (unpaired) electrons. The van der Waals surface area contributed by atoms with Crippen LogP contribution < -0.4 is 10.2 Å². The Hall–Kier alpha value is -1.58. The van der Waals surface area contributed by atoms with Crippen LogP contribution in [-0.4, -0.2) is 24.0 Å². The van der Waals surface area contributed by atoms with Gasteiger partial charge >= 0.3 is 0 Å². The van der Waals surface area contributed by atoms with Gasteiger partial charge in [-0.05, 0) is 31.4 Å². The molecule has 2 heterocycles. The first-order valence-corrected chi connectivity index (χ1v) is 6.80. The van der Waals surface area contributed by atoms with Crippen molar-refractivity contribution in [3.05, 3.63) is 18.3 Å². The lowest BCUT2D eigenvalue weighted by Gasteiger charge is -2.16. The van der Waals surface area contributed by atoms with E-state index in [1.54, 1.807) is 6.20 Å². The summed E-state index contributed by atoms with van der Waals surface area (Å²) in [5.74, 6) is 1.09. The molecule has 1 aromatic heterocycles. The Morgan fingerprint density at radius 2 is 2.17 bits per heavy atom. The first-order chi connectivity index (χ1) is 8.79. The van der Waals surface area contributed by atoms with Gasteiger partial charge in [0.05, 0.1) is 11.9 Å². The number of hydrogen-bond donors (Lipinski definition) is 1. The second-order valence-corrected chi connectivity index (χ2v) is 4.75. The van der Waals surface area contributed by atoms with Crippen LogP contribution in [0.4, 0.5) is 11.5 Å². The number of nitrogens with one attached hydrogen (secondary N) is 1. The summed E-state index contributed by atoms with van der Waals surface area (Å²) < 4.78 is 0. The number of hydrogen-bond acceptors (Lipinski definition) is 3. The van der Waals surface area contributed by atoms with Gasteiger partial charge in [-0.1, -0.05) is 13.3 Å². The molecule has 0 aromatic carbocycles. The van der Waals surface area contributed by atoms with E-state index in [4.69, 9.17) is 0 Å². The molecule has 98 valence electrons. The smallest absolute Gasteiger partial charge is 0.224 e. The summed E-state index contributed by atoms with van der Waals surface area (Å²) >= 11 is 0. The number of nitrogens with zero attached hydrogens (tertiary/aromatic N) is 2. The van der Waals surface area contributed by atoms with Crippen molar-refractivity contribution in [2.24, 2.45) is 0 Å².